The van der Waals surface area contributed by atoms with E-state index < -0.39 is 17.1 Å². The highest BCUT2D eigenvalue weighted by Crippen LogP contribution is 2.38. The zero-order chi connectivity index (χ0) is 33.9. The second-order valence-corrected chi connectivity index (χ2v) is 12.1. The van der Waals surface area contributed by atoms with E-state index in [9.17, 15) is 14.4 Å². The van der Waals surface area contributed by atoms with Gasteiger partial charge in [-0.2, -0.15) is 0 Å². The number of amides is 3. The summed E-state index contributed by atoms with van der Waals surface area (Å²) in [5, 5.41) is 10.3. The summed E-state index contributed by atoms with van der Waals surface area (Å²) in [7, 11) is 4.50. The van der Waals surface area contributed by atoms with Crippen molar-refractivity contribution in [2.75, 3.05) is 32.0 Å². The van der Waals surface area contributed by atoms with Gasteiger partial charge in [0.05, 0.1) is 21.3 Å². The number of anilines is 2. The first-order valence-corrected chi connectivity index (χ1v) is 16.4. The van der Waals surface area contributed by atoms with E-state index in [0.29, 0.717) is 39.2 Å². The normalized spacial score (nSPS) is 11.6. The van der Waals surface area contributed by atoms with Crippen molar-refractivity contribution < 1.29 is 28.6 Å². The number of hydrogen-bond donors (Lipinski definition) is 3. The first kappa shape index (κ1) is 33.8. The number of methoxy groups -OCH3 is 3. The van der Waals surface area contributed by atoms with Crippen LogP contribution in [0.4, 0.5) is 10.8 Å². The number of thiazole rings is 1. The lowest BCUT2D eigenvalue weighted by molar-refractivity contribution is -0.116. The van der Waals surface area contributed by atoms with Crippen molar-refractivity contribution in [1.29, 1.82) is 0 Å². The Morgan fingerprint density at radius 2 is 1.44 bits per heavy atom. The maximum absolute atomic E-state index is 13.7. The number of hydrogen-bond acceptors (Lipinski definition) is 9. The van der Waals surface area contributed by atoms with Crippen LogP contribution in [0.2, 0.25) is 0 Å². The smallest absolute Gasteiger partial charge is 0.272 e. The molecule has 3 N–H and O–H groups in total. The Labute approximate surface area is 286 Å². The molecular weight excluding hydrogens is 649 g/mol. The standard InChI is InChI=1S/C36H32N4O6S2/c1-44-29-22-31(46-3)30(45-2)21-25(29)20-28(39-33(41)24-12-8-5-9-13-24)34(42)38-26-14-16-27(17-15-26)48-32(23-10-6-4-7-11-23)35(43)40-36-37-18-19-47-36/h4-22,32H,1-3H3,(H,38,42)(H,39,41)(H,37,40,43)/b28-20-. The van der Waals surface area contributed by atoms with Crippen molar-refractivity contribution in [3.63, 3.8) is 0 Å². The SMILES string of the molecule is COc1cc(OC)c(OC)cc1/C=C(\NC(=O)c1ccccc1)C(=O)Nc1ccc(SC(C(=O)Nc2nccs2)c2ccccc2)cc1. The van der Waals surface area contributed by atoms with E-state index in [1.807, 2.05) is 42.5 Å². The first-order chi connectivity index (χ1) is 23.4. The highest BCUT2D eigenvalue weighted by molar-refractivity contribution is 8.00. The van der Waals surface area contributed by atoms with Crippen molar-refractivity contribution in [2.24, 2.45) is 0 Å². The molecule has 0 fully saturated rings. The Hall–Kier alpha value is -5.59. The molecule has 48 heavy (non-hydrogen) atoms. The van der Waals surface area contributed by atoms with Crippen molar-refractivity contribution in [3.8, 4) is 17.2 Å². The summed E-state index contributed by atoms with van der Waals surface area (Å²) in [5.74, 6) is 0.0285. The number of benzene rings is 4. The summed E-state index contributed by atoms with van der Waals surface area (Å²) < 4.78 is 16.4. The Bertz CT molecular complexity index is 1880. The van der Waals surface area contributed by atoms with Gasteiger partial charge in [0.2, 0.25) is 5.91 Å². The summed E-state index contributed by atoms with van der Waals surface area (Å²) in [6.07, 6.45) is 3.14. The highest BCUT2D eigenvalue weighted by atomic mass is 32.2. The molecule has 10 nitrogen and oxygen atoms in total. The zero-order valence-electron chi connectivity index (χ0n) is 26.3. The number of carbonyl (C=O) groups excluding carboxylic acids is 3. The molecule has 0 aliphatic carbocycles. The van der Waals surface area contributed by atoms with Gasteiger partial charge in [-0.25, -0.2) is 4.98 Å². The highest BCUT2D eigenvalue weighted by Gasteiger charge is 2.23. The molecule has 0 saturated heterocycles. The van der Waals surface area contributed by atoms with Gasteiger partial charge in [-0.1, -0.05) is 48.5 Å². The van der Waals surface area contributed by atoms with Crippen LogP contribution in [-0.2, 0) is 9.59 Å². The number of carbonyl (C=O) groups is 3. The molecule has 0 aliphatic heterocycles. The van der Waals surface area contributed by atoms with Gasteiger partial charge in [0.1, 0.15) is 16.7 Å². The predicted molar refractivity (Wildman–Crippen MR) is 189 cm³/mol. The molecule has 4 aromatic carbocycles. The molecule has 0 bridgehead atoms. The summed E-state index contributed by atoms with van der Waals surface area (Å²) in [4.78, 5) is 45.1. The van der Waals surface area contributed by atoms with Crippen LogP contribution in [0.15, 0.2) is 119 Å². The second-order valence-electron chi connectivity index (χ2n) is 10.0. The topological polar surface area (TPSA) is 128 Å². The van der Waals surface area contributed by atoms with E-state index in [0.717, 1.165) is 10.5 Å². The van der Waals surface area contributed by atoms with E-state index in [1.54, 1.807) is 66.2 Å². The van der Waals surface area contributed by atoms with Crippen molar-refractivity contribution in [3.05, 3.63) is 131 Å². The van der Waals surface area contributed by atoms with E-state index in [2.05, 4.69) is 20.9 Å². The van der Waals surface area contributed by atoms with Gasteiger partial charge >= 0.3 is 0 Å². The number of aromatic nitrogens is 1. The zero-order valence-corrected chi connectivity index (χ0v) is 27.9. The molecule has 244 valence electrons. The van der Waals surface area contributed by atoms with E-state index >= 15 is 0 Å². The maximum Gasteiger partial charge on any atom is 0.272 e. The minimum Gasteiger partial charge on any atom is -0.496 e. The third kappa shape index (κ3) is 8.60. The van der Waals surface area contributed by atoms with Gasteiger partial charge in [-0.05, 0) is 54.1 Å². The van der Waals surface area contributed by atoms with Crippen molar-refractivity contribution in [2.45, 2.75) is 10.1 Å². The van der Waals surface area contributed by atoms with Crippen molar-refractivity contribution >= 4 is 57.7 Å². The minimum atomic E-state index is -0.568. The van der Waals surface area contributed by atoms with Crippen LogP contribution < -0.4 is 30.2 Å². The van der Waals surface area contributed by atoms with Crippen LogP contribution in [-0.4, -0.2) is 44.0 Å². The fourth-order valence-electron chi connectivity index (χ4n) is 4.57. The summed E-state index contributed by atoms with van der Waals surface area (Å²) >= 11 is 2.72. The molecule has 1 heterocycles. The second kappa shape index (κ2) is 16.3. The quantitative estimate of drug-likeness (QED) is 0.0892. The molecule has 0 saturated carbocycles. The summed E-state index contributed by atoms with van der Waals surface area (Å²) in [6.45, 7) is 0. The molecule has 0 spiro atoms. The number of nitrogens with zero attached hydrogens (tertiary/aromatic N) is 1. The number of thioether (sulfide) groups is 1. The Morgan fingerprint density at radius 3 is 2.06 bits per heavy atom. The van der Waals surface area contributed by atoms with Gasteiger partial charge in [-0.3, -0.25) is 14.4 Å². The van der Waals surface area contributed by atoms with Gasteiger partial charge in [0, 0.05) is 39.4 Å². The van der Waals surface area contributed by atoms with Crippen LogP contribution in [0.3, 0.4) is 0 Å². The summed E-state index contributed by atoms with van der Waals surface area (Å²) in [5.41, 5.74) is 2.14. The minimum absolute atomic E-state index is 0.0316. The fourth-order valence-corrected chi connectivity index (χ4v) is 6.13. The van der Waals surface area contributed by atoms with Gasteiger partial charge in [0.15, 0.2) is 16.6 Å². The maximum atomic E-state index is 13.7. The number of ether oxygens (including phenoxy) is 3. The Balaban J connectivity index is 1.39. The summed E-state index contributed by atoms with van der Waals surface area (Å²) in [6, 6.07) is 28.4. The fraction of sp³-hybridized carbons (Fsp3) is 0.111. The molecular formula is C36H32N4O6S2. The van der Waals surface area contributed by atoms with Crippen molar-refractivity contribution in [1.82, 2.24) is 10.3 Å². The predicted octanol–water partition coefficient (Wildman–Crippen LogP) is 7.05. The van der Waals surface area contributed by atoms with E-state index in [4.69, 9.17) is 14.2 Å². The van der Waals surface area contributed by atoms with E-state index in [1.165, 1.54) is 50.5 Å². The Morgan fingerprint density at radius 1 is 0.792 bits per heavy atom. The lowest BCUT2D eigenvalue weighted by Crippen LogP contribution is -2.30. The number of rotatable bonds is 13. The van der Waals surface area contributed by atoms with Crippen LogP contribution in [0.25, 0.3) is 6.08 Å². The molecule has 5 rings (SSSR count). The molecule has 1 atom stereocenters. The average molecular weight is 681 g/mol. The van der Waals surface area contributed by atoms with Crippen LogP contribution in [0.1, 0.15) is 26.7 Å². The van der Waals surface area contributed by atoms with Crippen LogP contribution >= 0.6 is 23.1 Å². The largest absolute Gasteiger partial charge is 0.496 e. The molecule has 5 aromatic rings. The molecule has 0 aliphatic rings. The third-order valence-electron chi connectivity index (χ3n) is 6.93. The lowest BCUT2D eigenvalue weighted by atomic mass is 10.1. The first-order valence-electron chi connectivity index (χ1n) is 14.6. The molecule has 12 heteroatoms. The monoisotopic (exact) mass is 680 g/mol. The third-order valence-corrected chi connectivity index (χ3v) is 8.89. The number of nitrogens with one attached hydrogen (secondary N) is 3. The lowest BCUT2D eigenvalue weighted by Gasteiger charge is -2.17. The molecule has 0 radical (unpaired) electrons. The molecule has 1 unspecified atom stereocenters. The van der Waals surface area contributed by atoms with E-state index in [-0.39, 0.29) is 11.6 Å². The molecule has 3 amide bonds. The van der Waals surface area contributed by atoms with Gasteiger partial charge in [0.25, 0.3) is 11.8 Å². The van der Waals surface area contributed by atoms with Gasteiger partial charge < -0.3 is 30.2 Å². The average Bonchev–Trinajstić information content (AvgIpc) is 3.64. The van der Waals surface area contributed by atoms with Gasteiger partial charge in [-0.15, -0.1) is 23.1 Å². The van der Waals surface area contributed by atoms with Crippen LogP contribution in [0.5, 0.6) is 17.2 Å². The molecule has 1 aromatic heterocycles. The van der Waals surface area contributed by atoms with Crippen LogP contribution in [0, 0.1) is 0 Å². The Kier molecular flexibility index (Phi) is 11.5.